The van der Waals surface area contributed by atoms with Gasteiger partial charge in [-0.25, -0.2) is 9.59 Å². The Morgan fingerprint density at radius 3 is 2.22 bits per heavy atom. The molecule has 0 spiro atoms. The monoisotopic (exact) mass is 497 g/mol. The van der Waals surface area contributed by atoms with Crippen molar-refractivity contribution in [3.63, 3.8) is 0 Å². The van der Waals surface area contributed by atoms with E-state index in [0.29, 0.717) is 35.3 Å². The maximum Gasteiger partial charge on any atom is 0.354 e. The van der Waals surface area contributed by atoms with Gasteiger partial charge in [0.25, 0.3) is 11.7 Å². The number of aromatic amines is 1. The lowest BCUT2D eigenvalue weighted by Gasteiger charge is -2.26. The molecule has 0 unspecified atom stereocenters. The summed E-state index contributed by atoms with van der Waals surface area (Å²) < 4.78 is 9.55. The van der Waals surface area contributed by atoms with Crippen molar-refractivity contribution in [3.8, 4) is 0 Å². The predicted octanol–water partition coefficient (Wildman–Crippen LogP) is 2.58. The number of aryl methyl sites for hydroxylation is 1. The van der Waals surface area contributed by atoms with E-state index in [1.807, 2.05) is 19.0 Å². The van der Waals surface area contributed by atoms with Crippen molar-refractivity contribution in [2.75, 3.05) is 41.4 Å². The molecular formula is C26H31N3O7. The third-order valence-corrected chi connectivity index (χ3v) is 6.26. The summed E-state index contributed by atoms with van der Waals surface area (Å²) in [5.74, 6) is -3.06. The number of methoxy groups -OCH3 is 2. The number of amides is 1. The van der Waals surface area contributed by atoms with Gasteiger partial charge in [-0.05, 0) is 64.2 Å². The van der Waals surface area contributed by atoms with E-state index in [4.69, 9.17) is 9.47 Å². The molecule has 1 atom stereocenters. The molecule has 1 aromatic carbocycles. The standard InChI is InChI=1S/C26H31N3O7/c1-14-18(15(2)27-20(14)26(34)36-6)22(30)19-21(16-8-10-17(11-9-16)25(33)35-5)29(24(32)23(19)31)13-7-12-28(3)4/h8-11,21,27,30H,7,12-13H2,1-6H3/t21-/m0/s1. The molecule has 1 aliphatic rings. The summed E-state index contributed by atoms with van der Waals surface area (Å²) >= 11 is 0. The lowest BCUT2D eigenvalue weighted by molar-refractivity contribution is -0.139. The number of carbonyl (C=O) groups is 4. The van der Waals surface area contributed by atoms with E-state index >= 15 is 0 Å². The Labute approximate surface area is 209 Å². The van der Waals surface area contributed by atoms with Crippen LogP contribution in [0, 0.1) is 13.8 Å². The number of carbonyl (C=O) groups excluding carboxylic acids is 4. The molecule has 192 valence electrons. The van der Waals surface area contributed by atoms with Crippen LogP contribution < -0.4 is 0 Å². The average Bonchev–Trinajstić information content (AvgIpc) is 3.29. The van der Waals surface area contributed by atoms with E-state index in [1.54, 1.807) is 38.1 Å². The molecule has 1 aromatic heterocycles. The number of ether oxygens (including phenoxy) is 2. The van der Waals surface area contributed by atoms with Gasteiger partial charge in [0.05, 0.1) is 31.4 Å². The normalized spacial score (nSPS) is 17.1. The van der Waals surface area contributed by atoms with Crippen LogP contribution in [0.15, 0.2) is 29.8 Å². The number of rotatable bonds is 8. The highest BCUT2D eigenvalue weighted by Crippen LogP contribution is 2.41. The van der Waals surface area contributed by atoms with E-state index in [9.17, 15) is 24.3 Å². The quantitative estimate of drug-likeness (QED) is 0.246. The van der Waals surface area contributed by atoms with Crippen LogP contribution in [0.2, 0.25) is 0 Å². The van der Waals surface area contributed by atoms with Crippen molar-refractivity contribution >= 4 is 29.4 Å². The summed E-state index contributed by atoms with van der Waals surface area (Å²) in [6.07, 6.45) is 0.603. The van der Waals surface area contributed by atoms with Gasteiger partial charge >= 0.3 is 11.9 Å². The molecule has 0 radical (unpaired) electrons. The van der Waals surface area contributed by atoms with Crippen molar-refractivity contribution < 1.29 is 33.8 Å². The van der Waals surface area contributed by atoms with Gasteiger partial charge in [0.2, 0.25) is 0 Å². The van der Waals surface area contributed by atoms with Crippen LogP contribution in [0.4, 0.5) is 0 Å². The second-order valence-electron chi connectivity index (χ2n) is 8.88. The van der Waals surface area contributed by atoms with Crippen LogP contribution in [0.3, 0.4) is 0 Å². The second kappa shape index (κ2) is 10.8. The number of hydrogen-bond donors (Lipinski definition) is 2. The van der Waals surface area contributed by atoms with Gasteiger partial charge in [0, 0.05) is 17.8 Å². The topological polar surface area (TPSA) is 129 Å². The Bertz CT molecular complexity index is 1220. The van der Waals surface area contributed by atoms with Crippen LogP contribution >= 0.6 is 0 Å². The lowest BCUT2D eigenvalue weighted by Crippen LogP contribution is -2.32. The molecule has 10 heteroatoms. The first-order valence-corrected chi connectivity index (χ1v) is 11.4. The Hall–Kier alpha value is -3.92. The third kappa shape index (κ3) is 4.90. The van der Waals surface area contributed by atoms with Gasteiger partial charge in [-0.1, -0.05) is 12.1 Å². The fourth-order valence-corrected chi connectivity index (χ4v) is 4.48. The minimum absolute atomic E-state index is 0.0858. The van der Waals surface area contributed by atoms with Crippen LogP contribution in [0.1, 0.15) is 55.7 Å². The van der Waals surface area contributed by atoms with E-state index in [1.165, 1.54) is 19.1 Å². The van der Waals surface area contributed by atoms with Gasteiger partial charge in [0.15, 0.2) is 0 Å². The molecule has 0 saturated carbocycles. The molecule has 0 bridgehead atoms. The molecule has 3 rings (SSSR count). The number of nitrogens with zero attached hydrogens (tertiary/aromatic N) is 2. The number of hydrogen-bond acceptors (Lipinski definition) is 8. The fraction of sp³-hybridized carbons (Fsp3) is 0.385. The number of likely N-dealkylation sites (tertiary alicyclic amines) is 1. The van der Waals surface area contributed by atoms with Crippen molar-refractivity contribution in [1.82, 2.24) is 14.8 Å². The van der Waals surface area contributed by atoms with Gasteiger partial charge in [-0.2, -0.15) is 0 Å². The Morgan fingerprint density at radius 1 is 1.06 bits per heavy atom. The first-order chi connectivity index (χ1) is 17.0. The van der Waals surface area contributed by atoms with Crippen LogP contribution in [0.5, 0.6) is 0 Å². The number of ketones is 1. The number of aromatic nitrogens is 1. The lowest BCUT2D eigenvalue weighted by atomic mass is 9.93. The molecule has 36 heavy (non-hydrogen) atoms. The van der Waals surface area contributed by atoms with Crippen LogP contribution in [-0.4, -0.2) is 84.9 Å². The molecule has 2 heterocycles. The van der Waals surface area contributed by atoms with E-state index < -0.39 is 29.7 Å². The smallest absolute Gasteiger partial charge is 0.354 e. The molecule has 10 nitrogen and oxygen atoms in total. The number of H-pyrrole nitrogens is 1. The van der Waals surface area contributed by atoms with E-state index in [2.05, 4.69) is 4.98 Å². The molecule has 1 amide bonds. The SMILES string of the molecule is COC(=O)c1ccc([C@H]2C(=C(O)c3c(C)[nH]c(C(=O)OC)c3C)C(=O)C(=O)N2CCCN(C)C)cc1. The maximum atomic E-state index is 13.3. The predicted molar refractivity (Wildman–Crippen MR) is 132 cm³/mol. The summed E-state index contributed by atoms with van der Waals surface area (Å²) in [6.45, 7) is 4.25. The van der Waals surface area contributed by atoms with Gasteiger partial charge < -0.3 is 29.4 Å². The van der Waals surface area contributed by atoms with E-state index in [-0.39, 0.29) is 29.1 Å². The molecular weight excluding hydrogens is 466 g/mol. The molecule has 1 saturated heterocycles. The largest absolute Gasteiger partial charge is 0.507 e. The number of aliphatic hydroxyl groups is 1. The highest BCUT2D eigenvalue weighted by atomic mass is 16.5. The van der Waals surface area contributed by atoms with Crippen LogP contribution in [0.25, 0.3) is 5.76 Å². The number of aliphatic hydroxyl groups excluding tert-OH is 1. The van der Waals surface area contributed by atoms with E-state index in [0.717, 1.165) is 0 Å². The third-order valence-electron chi connectivity index (χ3n) is 6.26. The first kappa shape index (κ1) is 26.7. The van der Waals surface area contributed by atoms with Crippen molar-refractivity contribution in [2.45, 2.75) is 26.3 Å². The minimum Gasteiger partial charge on any atom is -0.507 e. The summed E-state index contributed by atoms with van der Waals surface area (Å²) in [4.78, 5) is 56.7. The molecule has 2 aromatic rings. The number of benzene rings is 1. The zero-order chi connectivity index (χ0) is 26.7. The Balaban J connectivity index is 2.17. The number of Topliss-reactive ketones (excluding diaryl/α,β-unsaturated/α-hetero) is 1. The highest BCUT2D eigenvalue weighted by Gasteiger charge is 2.46. The fourth-order valence-electron chi connectivity index (χ4n) is 4.48. The summed E-state index contributed by atoms with van der Waals surface area (Å²) in [7, 11) is 6.34. The van der Waals surface area contributed by atoms with Crippen molar-refractivity contribution in [1.29, 1.82) is 0 Å². The first-order valence-electron chi connectivity index (χ1n) is 11.4. The molecule has 1 aliphatic heterocycles. The molecule has 0 aliphatic carbocycles. The van der Waals surface area contributed by atoms with Gasteiger partial charge in [0.1, 0.15) is 11.5 Å². The highest BCUT2D eigenvalue weighted by molar-refractivity contribution is 6.46. The zero-order valence-electron chi connectivity index (χ0n) is 21.3. The van der Waals surface area contributed by atoms with Gasteiger partial charge in [-0.3, -0.25) is 9.59 Å². The van der Waals surface area contributed by atoms with Gasteiger partial charge in [-0.15, -0.1) is 0 Å². The molecule has 1 fully saturated rings. The maximum absolute atomic E-state index is 13.3. The average molecular weight is 498 g/mol. The van der Waals surface area contributed by atoms with Crippen LogP contribution in [-0.2, 0) is 19.1 Å². The minimum atomic E-state index is -0.880. The second-order valence-corrected chi connectivity index (χ2v) is 8.88. The summed E-state index contributed by atoms with van der Waals surface area (Å²) in [5.41, 5.74) is 2.03. The number of nitrogens with one attached hydrogen (secondary N) is 1. The molecule has 2 N–H and O–H groups in total. The summed E-state index contributed by atoms with van der Waals surface area (Å²) in [5, 5.41) is 11.4. The Morgan fingerprint density at radius 2 is 1.67 bits per heavy atom. The zero-order valence-corrected chi connectivity index (χ0v) is 21.3. The Kier molecular flexibility index (Phi) is 7.99. The van der Waals surface area contributed by atoms with Crippen molar-refractivity contribution in [3.05, 3.63) is 63.5 Å². The number of esters is 2. The van der Waals surface area contributed by atoms with Crippen molar-refractivity contribution in [2.24, 2.45) is 0 Å². The summed E-state index contributed by atoms with van der Waals surface area (Å²) in [6, 6.07) is 5.47.